The second-order valence-electron chi connectivity index (χ2n) is 16.8. The van der Waals surface area contributed by atoms with Crippen LogP contribution < -0.4 is 0 Å². The smallest absolute Gasteiger partial charge is 0.659 e. The third-order valence-electron chi connectivity index (χ3n) is 11.0. The molecule has 8 rings (SSSR count). The van der Waals surface area contributed by atoms with Gasteiger partial charge in [0.25, 0.3) is 0 Å². The van der Waals surface area contributed by atoms with Crippen molar-refractivity contribution in [2.24, 2.45) is 5.41 Å². The molecule has 7 aromatic rings. The Kier molecular flexibility index (Phi) is 11.1. The predicted octanol–water partition coefficient (Wildman–Crippen LogP) is 14.1. The number of pyridine rings is 1. The van der Waals surface area contributed by atoms with E-state index in [1.807, 2.05) is 12.1 Å². The molecule has 0 aliphatic carbocycles. The first kappa shape index (κ1) is 39.9. The minimum absolute atomic E-state index is 0. The maximum absolute atomic E-state index is 5.56. The van der Waals surface area contributed by atoms with Crippen molar-refractivity contribution < 1.29 is 21.1 Å². The van der Waals surface area contributed by atoms with Gasteiger partial charge in [0.2, 0.25) is 0 Å². The molecule has 5 aromatic carbocycles. The van der Waals surface area contributed by atoms with Crippen LogP contribution in [0.4, 0.5) is 0 Å². The zero-order valence-corrected chi connectivity index (χ0v) is 36.4. The summed E-state index contributed by atoms with van der Waals surface area (Å²) in [4.78, 5) is 10.8. The van der Waals surface area contributed by atoms with Gasteiger partial charge in [-0.25, -0.2) is 4.98 Å². The van der Waals surface area contributed by atoms with Crippen LogP contribution in [0.3, 0.4) is 0 Å². The van der Waals surface area contributed by atoms with Gasteiger partial charge in [-0.3, -0.25) is 9.55 Å². The van der Waals surface area contributed by atoms with Crippen molar-refractivity contribution in [2.45, 2.75) is 72.6 Å². The van der Waals surface area contributed by atoms with E-state index in [0.717, 1.165) is 67.6 Å². The van der Waals surface area contributed by atoms with Crippen LogP contribution in [-0.2, 0) is 26.5 Å². The molecule has 2 aromatic heterocycles. The number of rotatable bonds is 9. The molecule has 0 fully saturated rings. The molecule has 0 radical (unpaired) electrons. The van der Waals surface area contributed by atoms with Crippen LogP contribution in [0.25, 0.3) is 61.2 Å². The van der Waals surface area contributed by atoms with Crippen LogP contribution in [0.2, 0.25) is 0 Å². The fraction of sp³-hybridized carbons (Fsp3) is 0.231. The number of aromatic nitrogens is 3. The van der Waals surface area contributed by atoms with Gasteiger partial charge in [-0.05, 0) is 75.0 Å². The van der Waals surface area contributed by atoms with E-state index in [9.17, 15) is 0 Å². The Hall–Kier alpha value is -5.31. The molecule has 1 aliphatic rings. The minimum Gasteiger partial charge on any atom is -0.659 e. The summed E-state index contributed by atoms with van der Waals surface area (Å²) in [7, 11) is 0. The van der Waals surface area contributed by atoms with E-state index in [4.69, 9.17) is 15.3 Å². The fourth-order valence-corrected chi connectivity index (χ4v) is 8.11. The van der Waals surface area contributed by atoms with Crippen molar-refractivity contribution in [3.05, 3.63) is 185 Å². The molecule has 0 unspecified atom stereocenters. The number of nitrogens with zero attached hydrogens (tertiary/aromatic N) is 4. The Labute approximate surface area is 353 Å². The van der Waals surface area contributed by atoms with Crippen LogP contribution in [0.15, 0.2) is 151 Å². The summed E-state index contributed by atoms with van der Waals surface area (Å²) >= 11 is 0. The Morgan fingerprint density at radius 1 is 0.667 bits per heavy atom. The molecular weight excluding hydrogens is 876 g/mol. The first-order chi connectivity index (χ1) is 26.9. The van der Waals surface area contributed by atoms with E-state index in [0.29, 0.717) is 11.8 Å². The van der Waals surface area contributed by atoms with E-state index in [1.54, 1.807) is 0 Å². The summed E-state index contributed by atoms with van der Waals surface area (Å²) in [5.41, 5.74) is 14.1. The normalized spacial score (nSPS) is 13.9. The maximum atomic E-state index is 5.56. The molecule has 3 heterocycles. The van der Waals surface area contributed by atoms with Gasteiger partial charge in [-0.1, -0.05) is 152 Å². The molecule has 1 aliphatic heterocycles. The Morgan fingerprint density at radius 2 is 1.32 bits per heavy atom. The molecule has 288 valence electrons. The summed E-state index contributed by atoms with van der Waals surface area (Å²) < 4.78 is 2.34. The van der Waals surface area contributed by atoms with Crippen molar-refractivity contribution in [3.8, 4) is 39.2 Å². The maximum Gasteiger partial charge on any atom is 2.00 e. The fourth-order valence-electron chi connectivity index (χ4n) is 8.11. The van der Waals surface area contributed by atoms with Crippen LogP contribution in [0, 0.1) is 11.5 Å². The van der Waals surface area contributed by atoms with Gasteiger partial charge in [-0.15, -0.1) is 47.3 Å². The summed E-state index contributed by atoms with van der Waals surface area (Å²) in [6.07, 6.45) is 4.58. The van der Waals surface area contributed by atoms with Gasteiger partial charge in [0.05, 0.1) is 16.7 Å². The van der Waals surface area contributed by atoms with Crippen molar-refractivity contribution in [1.82, 2.24) is 14.5 Å². The monoisotopic (exact) mass is 925 g/mol. The molecule has 57 heavy (non-hydrogen) atoms. The Balaban J connectivity index is 0.00000496. The van der Waals surface area contributed by atoms with Crippen LogP contribution >= 0.6 is 0 Å². The number of para-hydroxylation sites is 3. The van der Waals surface area contributed by atoms with Crippen molar-refractivity contribution in [1.29, 1.82) is 0 Å². The number of fused-ring (bicyclic) bond motifs is 1. The largest absolute Gasteiger partial charge is 2.00 e. The van der Waals surface area contributed by atoms with Gasteiger partial charge in [0, 0.05) is 16.7 Å². The molecule has 0 saturated heterocycles. The molecule has 0 atom stereocenters. The average Bonchev–Trinajstić information content (AvgIpc) is 3.61. The Bertz CT molecular complexity index is 2580. The summed E-state index contributed by atoms with van der Waals surface area (Å²) in [6, 6.07) is 50.5. The topological polar surface area (TPSA) is 44.8 Å². The van der Waals surface area contributed by atoms with Crippen LogP contribution in [0.1, 0.15) is 89.9 Å². The number of allylic oxidation sites excluding steroid dienone is 3. The van der Waals surface area contributed by atoms with Crippen molar-refractivity contribution in [3.63, 3.8) is 0 Å². The first-order valence-electron chi connectivity index (χ1n) is 19.8. The zero-order valence-electron chi connectivity index (χ0n) is 34.1. The molecule has 0 N–H and O–H groups in total. The number of imidazole rings is 1. The van der Waals surface area contributed by atoms with Crippen LogP contribution in [-0.4, -0.2) is 14.5 Å². The van der Waals surface area contributed by atoms with Crippen molar-refractivity contribution in [2.75, 3.05) is 0 Å². The van der Waals surface area contributed by atoms with E-state index < -0.39 is 5.41 Å². The zero-order chi connectivity index (χ0) is 39.2. The SMILES string of the molecule is CC(C)c1cccc(C(C)C)c1-c1cc(C2=CC(C)(C)C=C(C(C)(C)c3nc4ccccc4n3-c3ccccc3-c3ccccc3)[N-]2)nc(-c2[c-]cccc2)c1.[Pt+2]. The molecule has 0 amide bonds. The third kappa shape index (κ3) is 7.73. The average molecular weight is 926 g/mol. The summed E-state index contributed by atoms with van der Waals surface area (Å²) in [6.45, 7) is 18.1. The predicted molar refractivity (Wildman–Crippen MR) is 235 cm³/mol. The molecule has 5 heteroatoms. The standard InChI is InChI=1S/C52H50N4.Pt/c1-34(2)39-25-19-26-40(35(3)4)49(39)38-30-43(37-22-13-10-14-23-37)53-44(31-38)45-32-51(5,6)33-48(54-45)52(7,8)50-55-42-27-16-18-29-47(42)56(50)46-28-17-15-24-41(46)36-20-11-9-12-21-36;/h9-22,24-35H,1-8H3;/q-2;+2. The molecule has 0 bridgehead atoms. The molecule has 0 saturated carbocycles. The van der Waals surface area contributed by atoms with Gasteiger partial charge in [-0.2, -0.15) is 0 Å². The van der Waals surface area contributed by atoms with E-state index in [-0.39, 0.29) is 26.5 Å². The number of hydrogen-bond donors (Lipinski definition) is 0. The quantitative estimate of drug-likeness (QED) is 0.135. The van der Waals surface area contributed by atoms with Gasteiger partial charge in [0.15, 0.2) is 0 Å². The second kappa shape index (κ2) is 15.9. The van der Waals surface area contributed by atoms with Gasteiger partial charge < -0.3 is 5.32 Å². The molecule has 4 nitrogen and oxygen atoms in total. The van der Waals surface area contributed by atoms with E-state index in [2.05, 4.69) is 200 Å². The third-order valence-corrected chi connectivity index (χ3v) is 11.0. The van der Waals surface area contributed by atoms with Crippen LogP contribution in [0.5, 0.6) is 0 Å². The van der Waals surface area contributed by atoms with Gasteiger partial charge in [0.1, 0.15) is 5.82 Å². The van der Waals surface area contributed by atoms with E-state index >= 15 is 0 Å². The first-order valence-corrected chi connectivity index (χ1v) is 19.8. The Morgan fingerprint density at radius 3 is 2.02 bits per heavy atom. The molecular formula is C52H50N4Pt. The minimum atomic E-state index is -0.595. The second-order valence-corrected chi connectivity index (χ2v) is 16.8. The van der Waals surface area contributed by atoms with Gasteiger partial charge >= 0.3 is 21.1 Å². The van der Waals surface area contributed by atoms with Crippen molar-refractivity contribution >= 4 is 16.7 Å². The van der Waals surface area contributed by atoms with E-state index in [1.165, 1.54) is 16.7 Å². The number of benzene rings is 5. The number of hydrogen-bond acceptors (Lipinski definition) is 2. The summed E-state index contributed by atoms with van der Waals surface area (Å²) in [5, 5.41) is 5.56. The summed E-state index contributed by atoms with van der Waals surface area (Å²) in [5.74, 6) is 1.64. The molecule has 0 spiro atoms.